The average molecular weight is 427 g/mol. The van der Waals surface area contributed by atoms with Gasteiger partial charge in [0.1, 0.15) is 6.04 Å². The molecule has 7 heteroatoms. The Kier molecular flexibility index (Phi) is 6.07. The van der Waals surface area contributed by atoms with Crippen LogP contribution >= 0.6 is 0 Å². The van der Waals surface area contributed by atoms with Gasteiger partial charge in [-0.25, -0.2) is 0 Å². The first-order chi connectivity index (χ1) is 15.5. The highest BCUT2D eigenvalue weighted by atomic mass is 16.2. The van der Waals surface area contributed by atoms with E-state index in [4.69, 9.17) is 0 Å². The summed E-state index contributed by atoms with van der Waals surface area (Å²) in [4.78, 5) is 52.3. The lowest BCUT2D eigenvalue weighted by Crippen LogP contribution is -2.51. The molecule has 3 aromatic rings. The van der Waals surface area contributed by atoms with Gasteiger partial charge in [0.05, 0.1) is 17.7 Å². The summed E-state index contributed by atoms with van der Waals surface area (Å²) in [5.41, 5.74) is 1.93. The molecule has 3 aromatic carbocycles. The molecule has 1 aliphatic rings. The number of carbonyl (C=O) groups is 4. The van der Waals surface area contributed by atoms with Crippen molar-refractivity contribution in [3.8, 4) is 0 Å². The molecule has 1 aliphatic heterocycles. The van der Waals surface area contributed by atoms with Crippen LogP contribution in [0.1, 0.15) is 26.3 Å². The summed E-state index contributed by atoms with van der Waals surface area (Å²) in [5.74, 6) is -2.03. The SMILES string of the molecule is O=C(CNC(=O)[C@@H](Cc1ccccc1)N1C(=O)c2ccccc2C1=O)Nc1ccccc1. The number of rotatable bonds is 7. The van der Waals surface area contributed by atoms with Gasteiger partial charge in [0.25, 0.3) is 11.8 Å². The van der Waals surface area contributed by atoms with Crippen molar-refractivity contribution in [1.82, 2.24) is 10.2 Å². The molecule has 0 fully saturated rings. The Hall–Kier alpha value is -4.26. The molecule has 0 aromatic heterocycles. The van der Waals surface area contributed by atoms with E-state index < -0.39 is 29.7 Å². The van der Waals surface area contributed by atoms with E-state index in [9.17, 15) is 19.2 Å². The van der Waals surface area contributed by atoms with Gasteiger partial charge in [0.2, 0.25) is 11.8 Å². The Balaban J connectivity index is 1.52. The van der Waals surface area contributed by atoms with Crippen LogP contribution in [0.15, 0.2) is 84.9 Å². The van der Waals surface area contributed by atoms with Crippen LogP contribution in [0, 0.1) is 0 Å². The van der Waals surface area contributed by atoms with Crippen LogP contribution in [0.3, 0.4) is 0 Å². The fraction of sp³-hybridized carbons (Fsp3) is 0.120. The number of nitrogens with one attached hydrogen (secondary N) is 2. The number of hydrogen-bond donors (Lipinski definition) is 2. The van der Waals surface area contributed by atoms with Gasteiger partial charge in [-0.1, -0.05) is 60.7 Å². The van der Waals surface area contributed by atoms with Crippen molar-refractivity contribution < 1.29 is 19.2 Å². The number of benzene rings is 3. The molecule has 0 saturated carbocycles. The highest BCUT2D eigenvalue weighted by Gasteiger charge is 2.42. The zero-order valence-electron chi connectivity index (χ0n) is 17.2. The minimum atomic E-state index is -1.09. The lowest BCUT2D eigenvalue weighted by Gasteiger charge is -2.25. The summed E-state index contributed by atoms with van der Waals surface area (Å²) in [5, 5.41) is 5.26. The van der Waals surface area contributed by atoms with Crippen LogP contribution in [0.4, 0.5) is 5.69 Å². The van der Waals surface area contributed by atoms with Crippen molar-refractivity contribution in [2.75, 3.05) is 11.9 Å². The van der Waals surface area contributed by atoms with E-state index in [1.807, 2.05) is 36.4 Å². The van der Waals surface area contributed by atoms with Crippen LogP contribution in [-0.4, -0.2) is 41.1 Å². The highest BCUT2D eigenvalue weighted by molar-refractivity contribution is 6.23. The Labute approximate surface area is 185 Å². The van der Waals surface area contributed by atoms with E-state index in [-0.39, 0.29) is 24.1 Å². The topological polar surface area (TPSA) is 95.6 Å². The number of hydrogen-bond acceptors (Lipinski definition) is 4. The molecular weight excluding hydrogens is 406 g/mol. The molecule has 1 heterocycles. The second kappa shape index (κ2) is 9.26. The number of imide groups is 1. The molecule has 4 rings (SSSR count). The minimum Gasteiger partial charge on any atom is -0.345 e. The maximum atomic E-state index is 13.1. The lowest BCUT2D eigenvalue weighted by atomic mass is 10.0. The first-order valence-electron chi connectivity index (χ1n) is 10.2. The Bertz CT molecular complexity index is 1130. The maximum Gasteiger partial charge on any atom is 0.262 e. The monoisotopic (exact) mass is 427 g/mol. The Morgan fingerprint density at radius 2 is 1.28 bits per heavy atom. The molecule has 32 heavy (non-hydrogen) atoms. The molecule has 0 radical (unpaired) electrons. The Morgan fingerprint density at radius 1 is 0.750 bits per heavy atom. The van der Waals surface area contributed by atoms with E-state index in [0.717, 1.165) is 10.5 Å². The van der Waals surface area contributed by atoms with E-state index >= 15 is 0 Å². The van der Waals surface area contributed by atoms with Crippen molar-refractivity contribution in [2.24, 2.45) is 0 Å². The third-order valence-electron chi connectivity index (χ3n) is 5.19. The first kappa shape index (κ1) is 21.0. The number of anilines is 1. The molecule has 2 N–H and O–H groups in total. The summed E-state index contributed by atoms with van der Waals surface area (Å²) in [6.07, 6.45) is 0.137. The van der Waals surface area contributed by atoms with Crippen LogP contribution in [0.2, 0.25) is 0 Å². The van der Waals surface area contributed by atoms with Crippen LogP contribution in [0.25, 0.3) is 0 Å². The van der Waals surface area contributed by atoms with Crippen LogP contribution < -0.4 is 10.6 Å². The lowest BCUT2D eigenvalue weighted by molar-refractivity contribution is -0.127. The standard InChI is InChI=1S/C25H21N3O4/c29-22(27-18-11-5-2-6-12-18)16-26-23(30)21(15-17-9-3-1-4-10-17)28-24(31)19-13-7-8-14-20(19)25(28)32/h1-14,21H,15-16H2,(H,26,30)(H,27,29)/t21-/m1/s1. The molecule has 0 spiro atoms. The molecule has 0 saturated heterocycles. The largest absolute Gasteiger partial charge is 0.345 e. The highest BCUT2D eigenvalue weighted by Crippen LogP contribution is 2.26. The first-order valence-corrected chi connectivity index (χ1v) is 10.2. The second-order valence-electron chi connectivity index (χ2n) is 7.36. The Morgan fingerprint density at radius 3 is 1.88 bits per heavy atom. The van der Waals surface area contributed by atoms with Crippen LogP contribution in [-0.2, 0) is 16.0 Å². The van der Waals surface area contributed by atoms with Gasteiger partial charge in [-0.3, -0.25) is 24.1 Å². The third-order valence-corrected chi connectivity index (χ3v) is 5.19. The molecule has 0 aliphatic carbocycles. The zero-order chi connectivity index (χ0) is 22.5. The molecule has 160 valence electrons. The summed E-state index contributed by atoms with van der Waals surface area (Å²) in [7, 11) is 0. The molecule has 4 amide bonds. The quantitative estimate of drug-likeness (QED) is 0.567. The molecule has 7 nitrogen and oxygen atoms in total. The van der Waals surface area contributed by atoms with Crippen molar-refractivity contribution in [1.29, 1.82) is 0 Å². The number of carbonyl (C=O) groups excluding carboxylic acids is 4. The van der Waals surface area contributed by atoms with Crippen molar-refractivity contribution in [3.05, 3.63) is 102 Å². The van der Waals surface area contributed by atoms with Gasteiger partial charge in [0, 0.05) is 12.1 Å². The van der Waals surface area contributed by atoms with Crippen molar-refractivity contribution in [2.45, 2.75) is 12.5 Å². The summed E-state index contributed by atoms with van der Waals surface area (Å²) in [6.45, 7) is -0.289. The molecule has 1 atom stereocenters. The van der Waals surface area contributed by atoms with Gasteiger partial charge in [-0.15, -0.1) is 0 Å². The second-order valence-corrected chi connectivity index (χ2v) is 7.36. The van der Waals surface area contributed by atoms with E-state index in [1.54, 1.807) is 48.5 Å². The maximum absolute atomic E-state index is 13.1. The van der Waals surface area contributed by atoms with E-state index in [2.05, 4.69) is 10.6 Å². The average Bonchev–Trinajstić information content (AvgIpc) is 3.07. The summed E-state index contributed by atoms with van der Waals surface area (Å²) in [6, 6.07) is 23.4. The van der Waals surface area contributed by atoms with Gasteiger partial charge in [0.15, 0.2) is 0 Å². The van der Waals surface area contributed by atoms with Gasteiger partial charge >= 0.3 is 0 Å². The van der Waals surface area contributed by atoms with E-state index in [1.165, 1.54) is 0 Å². The van der Waals surface area contributed by atoms with Crippen LogP contribution in [0.5, 0.6) is 0 Å². The third kappa shape index (κ3) is 4.41. The minimum absolute atomic E-state index is 0.137. The smallest absolute Gasteiger partial charge is 0.262 e. The zero-order valence-corrected chi connectivity index (χ0v) is 17.2. The summed E-state index contributed by atoms with van der Waals surface area (Å²) < 4.78 is 0. The molecule has 0 bridgehead atoms. The van der Waals surface area contributed by atoms with E-state index in [0.29, 0.717) is 5.69 Å². The fourth-order valence-electron chi connectivity index (χ4n) is 3.64. The number of fused-ring (bicyclic) bond motifs is 1. The predicted molar refractivity (Wildman–Crippen MR) is 119 cm³/mol. The van der Waals surface area contributed by atoms with Gasteiger partial charge in [-0.2, -0.15) is 0 Å². The number of para-hydroxylation sites is 1. The molecular formula is C25H21N3O4. The number of amides is 4. The number of nitrogens with zero attached hydrogens (tertiary/aromatic N) is 1. The fourth-order valence-corrected chi connectivity index (χ4v) is 3.64. The summed E-state index contributed by atoms with van der Waals surface area (Å²) >= 11 is 0. The van der Waals surface area contributed by atoms with Crippen molar-refractivity contribution >= 4 is 29.3 Å². The normalized spacial score (nSPS) is 13.4. The van der Waals surface area contributed by atoms with Crippen molar-refractivity contribution in [3.63, 3.8) is 0 Å². The van der Waals surface area contributed by atoms with Gasteiger partial charge < -0.3 is 10.6 Å². The van der Waals surface area contributed by atoms with Gasteiger partial charge in [-0.05, 0) is 29.8 Å². The molecule has 0 unspecified atom stereocenters. The predicted octanol–water partition coefficient (Wildman–Crippen LogP) is 2.65.